The molecule has 2 aromatic rings. The van der Waals surface area contributed by atoms with Crippen molar-refractivity contribution in [1.82, 2.24) is 9.55 Å². The van der Waals surface area contributed by atoms with Gasteiger partial charge in [-0.25, -0.2) is 4.79 Å². The fourth-order valence-corrected chi connectivity index (χ4v) is 3.72. The first-order valence-electron chi connectivity index (χ1n) is 9.70. The molecule has 1 aliphatic heterocycles. The lowest BCUT2D eigenvalue weighted by Crippen LogP contribution is -2.42. The highest BCUT2D eigenvalue weighted by atomic mass is 16.2. The second-order valence-corrected chi connectivity index (χ2v) is 7.73. The van der Waals surface area contributed by atoms with Crippen molar-refractivity contribution in [3.63, 3.8) is 0 Å². The second kappa shape index (κ2) is 8.42. The van der Waals surface area contributed by atoms with Gasteiger partial charge in [-0.15, -0.1) is 0 Å². The molecule has 5 nitrogen and oxygen atoms in total. The Bertz CT molecular complexity index is 913. The van der Waals surface area contributed by atoms with E-state index in [2.05, 4.69) is 34.1 Å². The van der Waals surface area contributed by atoms with Crippen LogP contribution in [0.4, 0.5) is 5.82 Å². The monoisotopic (exact) mass is 367 g/mol. The van der Waals surface area contributed by atoms with Crippen LogP contribution in [-0.4, -0.2) is 22.6 Å². The lowest BCUT2D eigenvalue weighted by atomic mass is 9.90. The van der Waals surface area contributed by atoms with E-state index < -0.39 is 0 Å². The zero-order chi connectivity index (χ0) is 19.4. The molecule has 1 saturated heterocycles. The number of anilines is 1. The maximum Gasteiger partial charge on any atom is 0.329 e. The Kier molecular flexibility index (Phi) is 5.99. The van der Waals surface area contributed by atoms with Crippen molar-refractivity contribution in [1.29, 1.82) is 0 Å². The van der Waals surface area contributed by atoms with Gasteiger partial charge in [0.1, 0.15) is 5.82 Å². The second-order valence-electron chi connectivity index (χ2n) is 7.73. The molecule has 0 radical (unpaired) electrons. The SMILES string of the molecule is CC(C)=CCc1c(N2CCC(Cc3ccccc3)CC2)[nH]c(=O)n(C)c1=O. The van der Waals surface area contributed by atoms with Gasteiger partial charge in [0.25, 0.3) is 5.56 Å². The fraction of sp³-hybridized carbons (Fsp3) is 0.455. The largest absolute Gasteiger partial charge is 0.358 e. The summed E-state index contributed by atoms with van der Waals surface area (Å²) in [6, 6.07) is 10.6. The molecule has 0 atom stereocenters. The van der Waals surface area contributed by atoms with Crippen LogP contribution in [0.5, 0.6) is 0 Å². The first-order valence-corrected chi connectivity index (χ1v) is 9.70. The summed E-state index contributed by atoms with van der Waals surface area (Å²) in [5.74, 6) is 1.35. The minimum atomic E-state index is -0.345. The van der Waals surface area contributed by atoms with Crippen LogP contribution < -0.4 is 16.1 Å². The first-order chi connectivity index (χ1) is 13.0. The number of piperidine rings is 1. The molecule has 2 heterocycles. The Labute approximate surface area is 160 Å². The summed E-state index contributed by atoms with van der Waals surface area (Å²) in [6.45, 7) is 5.76. The standard InChI is InChI=1S/C22H29N3O2/c1-16(2)9-10-19-20(23-22(27)24(3)21(19)26)25-13-11-18(12-14-25)15-17-7-5-4-6-8-17/h4-9,18H,10-15H2,1-3H3,(H,23,27). The molecular weight excluding hydrogens is 338 g/mol. The molecule has 1 aliphatic rings. The maximum absolute atomic E-state index is 12.7. The van der Waals surface area contributed by atoms with E-state index in [1.54, 1.807) is 0 Å². The van der Waals surface area contributed by atoms with E-state index >= 15 is 0 Å². The molecule has 1 N–H and O–H groups in total. The van der Waals surface area contributed by atoms with Crippen molar-refractivity contribution in [3.8, 4) is 0 Å². The quantitative estimate of drug-likeness (QED) is 0.827. The van der Waals surface area contributed by atoms with Crippen LogP contribution >= 0.6 is 0 Å². The van der Waals surface area contributed by atoms with Crippen molar-refractivity contribution in [2.24, 2.45) is 13.0 Å². The van der Waals surface area contributed by atoms with Crippen LogP contribution in [0, 0.1) is 5.92 Å². The van der Waals surface area contributed by atoms with Gasteiger partial charge in [0.2, 0.25) is 0 Å². The van der Waals surface area contributed by atoms with Gasteiger partial charge in [0.15, 0.2) is 0 Å². The summed E-state index contributed by atoms with van der Waals surface area (Å²) >= 11 is 0. The van der Waals surface area contributed by atoms with Crippen LogP contribution in [-0.2, 0) is 19.9 Å². The molecule has 144 valence electrons. The number of allylic oxidation sites excluding steroid dienone is 2. The van der Waals surface area contributed by atoms with Crippen molar-refractivity contribution in [2.75, 3.05) is 18.0 Å². The van der Waals surface area contributed by atoms with Crippen LogP contribution in [0.25, 0.3) is 0 Å². The van der Waals surface area contributed by atoms with Gasteiger partial charge >= 0.3 is 5.69 Å². The van der Waals surface area contributed by atoms with Crippen LogP contribution in [0.2, 0.25) is 0 Å². The predicted octanol–water partition coefficient (Wildman–Crippen LogP) is 3.04. The Balaban J connectivity index is 1.78. The molecule has 0 bridgehead atoms. The number of H-pyrrole nitrogens is 1. The number of aromatic nitrogens is 2. The van der Waals surface area contributed by atoms with Crippen molar-refractivity contribution in [3.05, 3.63) is 73.9 Å². The van der Waals surface area contributed by atoms with Gasteiger partial charge in [-0.2, -0.15) is 0 Å². The van der Waals surface area contributed by atoms with E-state index in [0.29, 0.717) is 23.7 Å². The summed E-state index contributed by atoms with van der Waals surface area (Å²) in [6.07, 6.45) is 5.81. The van der Waals surface area contributed by atoms with E-state index in [1.165, 1.54) is 17.2 Å². The van der Waals surface area contributed by atoms with E-state index in [4.69, 9.17) is 0 Å². The minimum absolute atomic E-state index is 0.197. The van der Waals surface area contributed by atoms with Crippen LogP contribution in [0.1, 0.15) is 37.8 Å². The lowest BCUT2D eigenvalue weighted by molar-refractivity contribution is 0.401. The highest BCUT2D eigenvalue weighted by Crippen LogP contribution is 2.25. The summed E-state index contributed by atoms with van der Waals surface area (Å²) in [4.78, 5) is 29.9. The highest BCUT2D eigenvalue weighted by molar-refractivity contribution is 5.47. The van der Waals surface area contributed by atoms with E-state index in [0.717, 1.165) is 37.9 Å². The summed E-state index contributed by atoms with van der Waals surface area (Å²) in [5.41, 5.74) is 2.68. The normalized spacial score (nSPS) is 15.0. The van der Waals surface area contributed by atoms with Crippen LogP contribution in [0.15, 0.2) is 51.6 Å². The van der Waals surface area contributed by atoms with Gasteiger partial charge in [0.05, 0.1) is 5.56 Å². The van der Waals surface area contributed by atoms with Gasteiger partial charge in [-0.1, -0.05) is 42.0 Å². The number of benzene rings is 1. The first kappa shape index (κ1) is 19.2. The van der Waals surface area contributed by atoms with Crippen molar-refractivity contribution < 1.29 is 0 Å². The average molecular weight is 367 g/mol. The predicted molar refractivity (Wildman–Crippen MR) is 111 cm³/mol. The number of hydrogen-bond donors (Lipinski definition) is 1. The third-order valence-electron chi connectivity index (χ3n) is 5.39. The fourth-order valence-electron chi connectivity index (χ4n) is 3.72. The molecule has 1 aromatic heterocycles. The zero-order valence-electron chi connectivity index (χ0n) is 16.5. The Hall–Kier alpha value is -2.56. The molecule has 3 rings (SSSR count). The third-order valence-corrected chi connectivity index (χ3v) is 5.39. The molecule has 5 heteroatoms. The summed E-state index contributed by atoms with van der Waals surface area (Å²) in [5, 5.41) is 0. The molecule has 0 saturated carbocycles. The topological polar surface area (TPSA) is 58.1 Å². The summed E-state index contributed by atoms with van der Waals surface area (Å²) < 4.78 is 1.17. The van der Waals surface area contributed by atoms with Gasteiger partial charge in [-0.05, 0) is 51.0 Å². The Morgan fingerprint density at radius 1 is 1.15 bits per heavy atom. The highest BCUT2D eigenvalue weighted by Gasteiger charge is 2.23. The smallest absolute Gasteiger partial charge is 0.329 e. The molecule has 0 unspecified atom stereocenters. The van der Waals surface area contributed by atoms with Crippen molar-refractivity contribution in [2.45, 2.75) is 39.5 Å². The molecule has 1 fully saturated rings. The van der Waals surface area contributed by atoms with E-state index in [1.807, 2.05) is 26.0 Å². The molecular formula is C22H29N3O2. The van der Waals surface area contributed by atoms with Crippen molar-refractivity contribution >= 4 is 5.82 Å². The minimum Gasteiger partial charge on any atom is -0.358 e. The Morgan fingerprint density at radius 3 is 2.44 bits per heavy atom. The molecule has 0 amide bonds. The molecule has 0 spiro atoms. The maximum atomic E-state index is 12.7. The lowest BCUT2D eigenvalue weighted by Gasteiger charge is -2.34. The van der Waals surface area contributed by atoms with Crippen LogP contribution in [0.3, 0.4) is 0 Å². The average Bonchev–Trinajstić information content (AvgIpc) is 2.66. The number of nitrogens with one attached hydrogen (secondary N) is 1. The number of aromatic amines is 1. The Morgan fingerprint density at radius 2 is 1.81 bits per heavy atom. The van der Waals surface area contributed by atoms with Gasteiger partial charge < -0.3 is 4.90 Å². The van der Waals surface area contributed by atoms with E-state index in [-0.39, 0.29) is 11.2 Å². The number of nitrogens with zero attached hydrogens (tertiary/aromatic N) is 2. The molecule has 0 aliphatic carbocycles. The number of rotatable bonds is 5. The van der Waals surface area contributed by atoms with Gasteiger partial charge in [0, 0.05) is 20.1 Å². The molecule has 1 aromatic carbocycles. The summed E-state index contributed by atoms with van der Waals surface area (Å²) in [7, 11) is 1.53. The number of hydrogen-bond acceptors (Lipinski definition) is 3. The third kappa shape index (κ3) is 4.59. The van der Waals surface area contributed by atoms with Gasteiger partial charge in [-0.3, -0.25) is 14.3 Å². The molecule has 27 heavy (non-hydrogen) atoms. The van der Waals surface area contributed by atoms with E-state index in [9.17, 15) is 9.59 Å². The zero-order valence-corrected chi connectivity index (χ0v) is 16.5.